The van der Waals surface area contributed by atoms with Crippen molar-refractivity contribution in [2.24, 2.45) is 7.05 Å². The molecule has 0 saturated heterocycles. The molecule has 0 bridgehead atoms. The van der Waals surface area contributed by atoms with Crippen LogP contribution < -0.4 is 10.6 Å². The number of hydrogen-bond acceptors (Lipinski definition) is 3. The Morgan fingerprint density at radius 3 is 2.53 bits per heavy atom. The Labute approximate surface area is 184 Å². The molecule has 2 atom stereocenters. The molecule has 6 nitrogen and oxygen atoms in total. The number of carbonyl (C=O) groups is 1. The number of amides is 1. The van der Waals surface area contributed by atoms with Gasteiger partial charge in [0.1, 0.15) is 11.4 Å². The number of halogens is 3. The van der Waals surface area contributed by atoms with Crippen LogP contribution in [0.5, 0.6) is 0 Å². The first kappa shape index (κ1) is 22.0. The van der Waals surface area contributed by atoms with Gasteiger partial charge in [-0.2, -0.15) is 18.3 Å². The van der Waals surface area contributed by atoms with Crippen molar-refractivity contribution in [3.05, 3.63) is 70.7 Å². The van der Waals surface area contributed by atoms with Gasteiger partial charge in [-0.1, -0.05) is 31.2 Å². The Balaban J connectivity index is 1.61. The Hall–Kier alpha value is -3.23. The topological polar surface area (TPSA) is 63.9 Å². The second-order valence-corrected chi connectivity index (χ2v) is 8.14. The smallest absolute Gasteiger partial charge is 0.363 e. The SMILES string of the molecule is CCc1ccc(C2CC(C(F)(F)F)n3ncc(C(=O)NCc4ccc(C)n4C)c3N2)cc1. The molecule has 1 aromatic carbocycles. The van der Waals surface area contributed by atoms with Crippen molar-refractivity contribution in [1.29, 1.82) is 0 Å². The number of aromatic nitrogens is 3. The maximum absolute atomic E-state index is 13.9. The molecule has 2 aromatic heterocycles. The second-order valence-electron chi connectivity index (χ2n) is 8.14. The van der Waals surface area contributed by atoms with E-state index in [0.717, 1.165) is 33.6 Å². The van der Waals surface area contributed by atoms with Crippen molar-refractivity contribution in [2.45, 2.75) is 51.5 Å². The lowest BCUT2D eigenvalue weighted by Crippen LogP contribution is -2.36. The Kier molecular flexibility index (Phi) is 5.75. The van der Waals surface area contributed by atoms with Crippen molar-refractivity contribution >= 4 is 11.7 Å². The lowest BCUT2D eigenvalue weighted by molar-refractivity contribution is -0.173. The molecular weight excluding hydrogens is 419 g/mol. The van der Waals surface area contributed by atoms with Crippen LogP contribution in [0.4, 0.5) is 19.0 Å². The number of carbonyl (C=O) groups excluding carboxylic acids is 1. The summed E-state index contributed by atoms with van der Waals surface area (Å²) in [4.78, 5) is 12.9. The van der Waals surface area contributed by atoms with Crippen LogP contribution in [-0.2, 0) is 20.0 Å². The first-order chi connectivity index (χ1) is 15.2. The molecule has 0 aliphatic carbocycles. The number of fused-ring (bicyclic) bond motifs is 1. The van der Waals surface area contributed by atoms with E-state index in [2.05, 4.69) is 15.7 Å². The van der Waals surface area contributed by atoms with Gasteiger partial charge < -0.3 is 15.2 Å². The summed E-state index contributed by atoms with van der Waals surface area (Å²) in [6.07, 6.45) is -2.64. The van der Waals surface area contributed by atoms with Gasteiger partial charge in [0.05, 0.1) is 18.8 Å². The molecule has 0 saturated carbocycles. The fourth-order valence-corrected chi connectivity index (χ4v) is 4.04. The van der Waals surface area contributed by atoms with Crippen molar-refractivity contribution in [1.82, 2.24) is 19.7 Å². The molecule has 2 unspecified atom stereocenters. The van der Waals surface area contributed by atoms with Gasteiger partial charge in [-0.25, -0.2) is 4.68 Å². The minimum Gasteiger partial charge on any atom is -0.363 e. The van der Waals surface area contributed by atoms with Gasteiger partial charge in [-0.05, 0) is 36.6 Å². The quantitative estimate of drug-likeness (QED) is 0.599. The van der Waals surface area contributed by atoms with Crippen LogP contribution in [0.25, 0.3) is 0 Å². The fourth-order valence-electron chi connectivity index (χ4n) is 4.04. The van der Waals surface area contributed by atoms with E-state index < -0.39 is 24.2 Å². The highest BCUT2D eigenvalue weighted by Crippen LogP contribution is 2.44. The van der Waals surface area contributed by atoms with Crippen molar-refractivity contribution in [3.63, 3.8) is 0 Å². The van der Waals surface area contributed by atoms with E-state index in [1.54, 1.807) is 0 Å². The number of alkyl halides is 3. The number of anilines is 1. The largest absolute Gasteiger partial charge is 0.410 e. The predicted molar refractivity (Wildman–Crippen MR) is 115 cm³/mol. The lowest BCUT2D eigenvalue weighted by atomic mass is 9.95. The minimum absolute atomic E-state index is 0.0868. The van der Waals surface area contributed by atoms with Crippen LogP contribution in [0.15, 0.2) is 42.6 Å². The van der Waals surface area contributed by atoms with Crippen molar-refractivity contribution in [3.8, 4) is 0 Å². The number of nitrogens with one attached hydrogen (secondary N) is 2. The highest BCUT2D eigenvalue weighted by atomic mass is 19.4. The van der Waals surface area contributed by atoms with E-state index in [0.29, 0.717) is 0 Å². The Morgan fingerprint density at radius 1 is 1.22 bits per heavy atom. The first-order valence-corrected chi connectivity index (χ1v) is 10.6. The molecule has 0 radical (unpaired) electrons. The van der Waals surface area contributed by atoms with E-state index in [9.17, 15) is 18.0 Å². The maximum atomic E-state index is 13.9. The van der Waals surface area contributed by atoms with E-state index in [1.807, 2.05) is 61.9 Å². The zero-order valence-corrected chi connectivity index (χ0v) is 18.2. The zero-order chi connectivity index (χ0) is 23.0. The molecule has 3 aromatic rings. The third kappa shape index (κ3) is 4.11. The molecule has 2 N–H and O–H groups in total. The number of hydrogen-bond donors (Lipinski definition) is 2. The standard InChI is InChI=1S/C23H26F3N5O/c1-4-15-6-8-16(9-7-15)19-11-20(23(24,25)26)31-21(29-19)18(13-28-31)22(32)27-12-17-10-5-14(2)30(17)3/h5-10,13,19-20,29H,4,11-12H2,1-3H3,(H,27,32). The third-order valence-corrected chi connectivity index (χ3v) is 6.18. The average Bonchev–Trinajstić information content (AvgIpc) is 3.34. The van der Waals surface area contributed by atoms with Gasteiger partial charge >= 0.3 is 6.18 Å². The predicted octanol–water partition coefficient (Wildman–Crippen LogP) is 4.68. The van der Waals surface area contributed by atoms with Gasteiger partial charge in [0.25, 0.3) is 5.91 Å². The lowest BCUT2D eigenvalue weighted by Gasteiger charge is -2.34. The van der Waals surface area contributed by atoms with Gasteiger partial charge in [0, 0.05) is 24.9 Å². The average molecular weight is 445 g/mol. The van der Waals surface area contributed by atoms with Crippen LogP contribution in [0.3, 0.4) is 0 Å². The summed E-state index contributed by atoms with van der Waals surface area (Å²) in [7, 11) is 1.89. The first-order valence-electron chi connectivity index (χ1n) is 10.6. The Bertz CT molecular complexity index is 1110. The van der Waals surface area contributed by atoms with E-state index in [1.165, 1.54) is 6.20 Å². The van der Waals surface area contributed by atoms with Gasteiger partial charge in [-0.3, -0.25) is 4.79 Å². The van der Waals surface area contributed by atoms with Crippen molar-refractivity contribution < 1.29 is 18.0 Å². The third-order valence-electron chi connectivity index (χ3n) is 6.18. The number of benzene rings is 1. The molecule has 4 rings (SSSR count). The summed E-state index contributed by atoms with van der Waals surface area (Å²) in [5.41, 5.74) is 3.89. The summed E-state index contributed by atoms with van der Waals surface area (Å²) in [6.45, 7) is 4.24. The molecule has 9 heteroatoms. The zero-order valence-electron chi connectivity index (χ0n) is 18.2. The molecule has 1 aliphatic heterocycles. The Morgan fingerprint density at radius 2 is 1.94 bits per heavy atom. The highest BCUT2D eigenvalue weighted by Gasteiger charge is 2.47. The molecule has 170 valence electrons. The van der Waals surface area contributed by atoms with Gasteiger partial charge in [0.15, 0.2) is 6.04 Å². The molecule has 0 spiro atoms. The van der Waals surface area contributed by atoms with Crippen LogP contribution in [0, 0.1) is 6.92 Å². The van der Waals surface area contributed by atoms with E-state index in [-0.39, 0.29) is 24.3 Å². The second kappa shape index (κ2) is 8.37. The van der Waals surface area contributed by atoms with E-state index >= 15 is 0 Å². The molecule has 1 aliphatic rings. The number of nitrogens with zero attached hydrogens (tertiary/aromatic N) is 3. The molecule has 3 heterocycles. The molecule has 1 amide bonds. The summed E-state index contributed by atoms with van der Waals surface area (Å²) in [5.74, 6) is -0.385. The highest BCUT2D eigenvalue weighted by molar-refractivity contribution is 5.98. The van der Waals surface area contributed by atoms with Crippen LogP contribution in [0.1, 0.15) is 58.3 Å². The summed E-state index contributed by atoms with van der Waals surface area (Å²) in [5, 5.41) is 9.85. The van der Waals surface area contributed by atoms with E-state index in [4.69, 9.17) is 0 Å². The van der Waals surface area contributed by atoms with Crippen LogP contribution in [-0.4, -0.2) is 26.4 Å². The number of rotatable bonds is 5. The van der Waals surface area contributed by atoms with Gasteiger partial charge in [0.2, 0.25) is 0 Å². The number of aryl methyl sites for hydroxylation is 2. The monoisotopic (exact) mass is 445 g/mol. The fraction of sp³-hybridized carbons (Fsp3) is 0.391. The summed E-state index contributed by atoms with van der Waals surface area (Å²) < 4.78 is 44.4. The minimum atomic E-state index is -4.49. The van der Waals surface area contributed by atoms with Crippen LogP contribution >= 0.6 is 0 Å². The van der Waals surface area contributed by atoms with Gasteiger partial charge in [-0.15, -0.1) is 0 Å². The molecule has 0 fully saturated rings. The van der Waals surface area contributed by atoms with Crippen molar-refractivity contribution in [2.75, 3.05) is 5.32 Å². The molecule has 32 heavy (non-hydrogen) atoms. The molecular formula is C23H26F3N5O. The summed E-state index contributed by atoms with van der Waals surface area (Å²) in [6, 6.07) is 8.96. The normalized spacial score (nSPS) is 18.2. The maximum Gasteiger partial charge on any atom is 0.410 e. The van der Waals surface area contributed by atoms with Crippen LogP contribution in [0.2, 0.25) is 0 Å². The summed E-state index contributed by atoms with van der Waals surface area (Å²) >= 11 is 0.